The summed E-state index contributed by atoms with van der Waals surface area (Å²) >= 11 is 6.41. The van der Waals surface area contributed by atoms with E-state index < -0.39 is 11.6 Å². The zero-order chi connectivity index (χ0) is 15.0. The van der Waals surface area contributed by atoms with Crippen molar-refractivity contribution in [1.82, 2.24) is 0 Å². The molecule has 0 saturated carbocycles. The Morgan fingerprint density at radius 1 is 1.19 bits per heavy atom. The van der Waals surface area contributed by atoms with Gasteiger partial charge < -0.3 is 4.74 Å². The second-order valence-electron chi connectivity index (χ2n) is 5.42. The average molecular weight is 309 g/mol. The highest BCUT2D eigenvalue weighted by Gasteiger charge is 2.20. The highest BCUT2D eigenvalue weighted by molar-refractivity contribution is 6.20. The molecule has 0 spiro atoms. The summed E-state index contributed by atoms with van der Waals surface area (Å²) in [5.41, 5.74) is 2.80. The molecule has 1 aliphatic rings. The summed E-state index contributed by atoms with van der Waals surface area (Å²) in [5.74, 6) is -0.774. The summed E-state index contributed by atoms with van der Waals surface area (Å²) in [6.07, 6.45) is 1.52. The van der Waals surface area contributed by atoms with Crippen LogP contribution < -0.4 is 4.74 Å². The first kappa shape index (κ1) is 14.3. The molecule has 1 nitrogen and oxygen atoms in total. The summed E-state index contributed by atoms with van der Waals surface area (Å²) in [7, 11) is 0. The zero-order valence-electron chi connectivity index (χ0n) is 11.6. The quantitative estimate of drug-likeness (QED) is 0.739. The topological polar surface area (TPSA) is 9.23 Å². The fourth-order valence-electron chi connectivity index (χ4n) is 2.63. The Balaban J connectivity index is 1.78. The predicted octanol–water partition coefficient (Wildman–Crippen LogP) is 4.81. The lowest BCUT2D eigenvalue weighted by atomic mass is 10.0. The first-order chi connectivity index (χ1) is 10.0. The van der Waals surface area contributed by atoms with E-state index in [0.29, 0.717) is 12.0 Å². The van der Waals surface area contributed by atoms with Crippen molar-refractivity contribution in [2.24, 2.45) is 0 Å². The van der Waals surface area contributed by atoms with Crippen molar-refractivity contribution in [3.63, 3.8) is 0 Å². The molecule has 0 saturated heterocycles. The smallest absolute Gasteiger partial charge is 0.159 e. The van der Waals surface area contributed by atoms with Crippen LogP contribution in [-0.4, -0.2) is 6.10 Å². The van der Waals surface area contributed by atoms with E-state index in [1.165, 1.54) is 6.07 Å². The number of benzene rings is 2. The Labute approximate surface area is 127 Å². The summed E-state index contributed by atoms with van der Waals surface area (Å²) in [6.45, 7) is 2.03. The molecule has 3 rings (SSSR count). The Bertz CT molecular complexity index is 672. The minimum absolute atomic E-state index is 0.190. The van der Waals surface area contributed by atoms with Gasteiger partial charge >= 0.3 is 0 Å². The van der Waals surface area contributed by atoms with Crippen LogP contribution in [0.3, 0.4) is 0 Å². The van der Waals surface area contributed by atoms with E-state index in [0.717, 1.165) is 29.4 Å². The molecule has 2 aromatic rings. The van der Waals surface area contributed by atoms with Gasteiger partial charge in [-0.3, -0.25) is 0 Å². The van der Waals surface area contributed by atoms with Gasteiger partial charge in [-0.2, -0.15) is 0 Å². The highest BCUT2D eigenvalue weighted by atomic mass is 35.5. The van der Waals surface area contributed by atoms with Crippen LogP contribution in [0, 0.1) is 11.6 Å². The zero-order valence-corrected chi connectivity index (χ0v) is 12.3. The maximum absolute atomic E-state index is 13.2. The van der Waals surface area contributed by atoms with Gasteiger partial charge in [0, 0.05) is 6.42 Å². The molecule has 2 aromatic carbocycles. The third kappa shape index (κ3) is 3.03. The average Bonchev–Trinajstić information content (AvgIpc) is 2.82. The molecular weight excluding hydrogens is 294 g/mol. The molecule has 0 aliphatic carbocycles. The third-order valence-electron chi connectivity index (χ3n) is 3.68. The van der Waals surface area contributed by atoms with E-state index in [2.05, 4.69) is 0 Å². The van der Waals surface area contributed by atoms with Crippen molar-refractivity contribution in [2.45, 2.75) is 31.2 Å². The van der Waals surface area contributed by atoms with E-state index in [1.54, 1.807) is 6.07 Å². The van der Waals surface area contributed by atoms with E-state index >= 15 is 0 Å². The van der Waals surface area contributed by atoms with Gasteiger partial charge in [0.25, 0.3) is 0 Å². The van der Waals surface area contributed by atoms with Crippen molar-refractivity contribution in [2.75, 3.05) is 0 Å². The molecular formula is C17H15ClF2O. The molecule has 0 bridgehead atoms. The van der Waals surface area contributed by atoms with Crippen molar-refractivity contribution in [3.05, 3.63) is 64.7 Å². The minimum atomic E-state index is -0.840. The number of halogens is 3. The predicted molar refractivity (Wildman–Crippen MR) is 78.9 cm³/mol. The first-order valence-corrected chi connectivity index (χ1v) is 7.34. The number of hydrogen-bond acceptors (Lipinski definition) is 1. The van der Waals surface area contributed by atoms with Gasteiger partial charge in [0.1, 0.15) is 11.9 Å². The number of fused-ring (bicyclic) bond motifs is 1. The fraction of sp³-hybridized carbons (Fsp3) is 0.294. The molecule has 0 amide bonds. The normalized spacial score (nSPS) is 18.2. The number of ether oxygens (including phenoxy) is 1. The van der Waals surface area contributed by atoms with Crippen LogP contribution in [-0.2, 0) is 12.8 Å². The number of hydrogen-bond donors (Lipinski definition) is 0. The number of alkyl halides is 1. The van der Waals surface area contributed by atoms with Crippen molar-refractivity contribution in [3.8, 4) is 5.75 Å². The molecule has 0 N–H and O–H groups in total. The molecule has 21 heavy (non-hydrogen) atoms. The van der Waals surface area contributed by atoms with E-state index in [1.807, 2.05) is 25.1 Å². The molecule has 1 aliphatic heterocycles. The Morgan fingerprint density at radius 3 is 2.76 bits per heavy atom. The van der Waals surface area contributed by atoms with Crippen LogP contribution >= 0.6 is 11.6 Å². The molecule has 0 radical (unpaired) electrons. The lowest BCUT2D eigenvalue weighted by Crippen LogP contribution is -2.05. The van der Waals surface area contributed by atoms with Crippen molar-refractivity contribution < 1.29 is 13.5 Å². The lowest BCUT2D eigenvalue weighted by molar-refractivity contribution is 0.254. The van der Waals surface area contributed by atoms with Crippen LogP contribution in [0.15, 0.2) is 36.4 Å². The van der Waals surface area contributed by atoms with Gasteiger partial charge in [0.2, 0.25) is 0 Å². The molecule has 0 fully saturated rings. The van der Waals surface area contributed by atoms with Gasteiger partial charge in [-0.1, -0.05) is 18.2 Å². The van der Waals surface area contributed by atoms with E-state index in [-0.39, 0.29) is 11.5 Å². The van der Waals surface area contributed by atoms with Crippen LogP contribution in [0.1, 0.15) is 29.0 Å². The van der Waals surface area contributed by atoms with E-state index in [9.17, 15) is 8.78 Å². The fourth-order valence-corrected chi connectivity index (χ4v) is 2.94. The van der Waals surface area contributed by atoms with E-state index in [4.69, 9.17) is 16.3 Å². The van der Waals surface area contributed by atoms with Crippen LogP contribution in [0.5, 0.6) is 5.75 Å². The molecule has 2 unspecified atom stereocenters. The monoisotopic (exact) mass is 308 g/mol. The highest BCUT2D eigenvalue weighted by Crippen LogP contribution is 2.34. The second kappa shape index (κ2) is 5.64. The van der Waals surface area contributed by atoms with Crippen molar-refractivity contribution in [1.29, 1.82) is 0 Å². The summed E-state index contributed by atoms with van der Waals surface area (Å²) < 4.78 is 31.8. The van der Waals surface area contributed by atoms with Gasteiger partial charge in [0.05, 0.1) is 5.38 Å². The standard InChI is InChI=1S/C17H15ClF2O/c1-10-6-13-9-12(3-5-17(13)21-10)14(18)7-11-2-4-15(19)16(20)8-11/h2-5,8-10,14H,6-7H2,1H3. The maximum Gasteiger partial charge on any atom is 0.159 e. The lowest BCUT2D eigenvalue weighted by Gasteiger charge is -2.11. The van der Waals surface area contributed by atoms with Gasteiger partial charge in [0.15, 0.2) is 11.6 Å². The largest absolute Gasteiger partial charge is 0.490 e. The van der Waals surface area contributed by atoms with Gasteiger partial charge in [-0.25, -0.2) is 8.78 Å². The SMILES string of the molecule is CC1Cc2cc(C(Cl)Cc3ccc(F)c(F)c3)ccc2O1. The first-order valence-electron chi connectivity index (χ1n) is 6.90. The maximum atomic E-state index is 13.2. The van der Waals surface area contributed by atoms with Crippen LogP contribution in [0.4, 0.5) is 8.78 Å². The summed E-state index contributed by atoms with van der Waals surface area (Å²) in [5, 5.41) is -0.281. The molecule has 2 atom stereocenters. The molecule has 0 aromatic heterocycles. The van der Waals surface area contributed by atoms with Crippen LogP contribution in [0.25, 0.3) is 0 Å². The Hall–Kier alpha value is -1.61. The minimum Gasteiger partial charge on any atom is -0.490 e. The molecule has 4 heteroatoms. The molecule has 110 valence electrons. The van der Waals surface area contributed by atoms with Crippen LogP contribution in [0.2, 0.25) is 0 Å². The molecule has 1 heterocycles. The Kier molecular flexibility index (Phi) is 3.85. The second-order valence-corrected chi connectivity index (χ2v) is 5.95. The third-order valence-corrected chi connectivity index (χ3v) is 4.09. The van der Waals surface area contributed by atoms with Gasteiger partial charge in [-0.15, -0.1) is 11.6 Å². The summed E-state index contributed by atoms with van der Waals surface area (Å²) in [4.78, 5) is 0. The van der Waals surface area contributed by atoms with Gasteiger partial charge in [-0.05, 0) is 48.2 Å². The number of rotatable bonds is 3. The van der Waals surface area contributed by atoms with Crippen molar-refractivity contribution >= 4 is 11.6 Å². The summed E-state index contributed by atoms with van der Waals surface area (Å²) in [6, 6.07) is 9.78. The Morgan fingerprint density at radius 2 is 2.00 bits per heavy atom.